The molecule has 0 atom stereocenters. The Morgan fingerprint density at radius 3 is 2.53 bits per heavy atom. The van der Waals surface area contributed by atoms with Crippen molar-refractivity contribution < 1.29 is 14.5 Å². The molecule has 1 heterocycles. The number of methoxy groups -OCH3 is 1. The van der Waals surface area contributed by atoms with Crippen LogP contribution in [0.1, 0.15) is 10.4 Å². The number of rotatable bonds is 7. The van der Waals surface area contributed by atoms with Crippen molar-refractivity contribution in [3.63, 3.8) is 0 Å². The summed E-state index contributed by atoms with van der Waals surface area (Å²) in [6, 6.07) is 11.1. The molecule has 10 nitrogen and oxygen atoms in total. The summed E-state index contributed by atoms with van der Waals surface area (Å²) in [5.41, 5.74) is 5.00. The minimum Gasteiger partial charge on any atom is -0.496 e. The van der Waals surface area contributed by atoms with Crippen molar-refractivity contribution in [1.29, 1.82) is 0 Å². The van der Waals surface area contributed by atoms with E-state index in [1.54, 1.807) is 30.3 Å². The Labute approximate surface area is 180 Å². The summed E-state index contributed by atoms with van der Waals surface area (Å²) >= 11 is 11.9. The highest BCUT2D eigenvalue weighted by Gasteiger charge is 2.24. The molecule has 0 aliphatic carbocycles. The molecule has 2 aromatic carbocycles. The fourth-order valence-corrected chi connectivity index (χ4v) is 2.76. The number of para-hydroxylation sites is 1. The number of hydrogen-bond acceptors (Lipinski definition) is 8. The number of carbonyl (C=O) groups excluding carboxylic acids is 1. The van der Waals surface area contributed by atoms with Crippen molar-refractivity contribution in [2.45, 2.75) is 0 Å². The molecule has 0 unspecified atom stereocenters. The number of ether oxygens (including phenoxy) is 1. The predicted molar refractivity (Wildman–Crippen MR) is 113 cm³/mol. The largest absolute Gasteiger partial charge is 0.496 e. The number of nitro groups is 1. The maximum atomic E-state index is 12.4. The molecule has 0 saturated carbocycles. The molecule has 3 rings (SSSR count). The van der Waals surface area contributed by atoms with E-state index in [1.165, 1.54) is 19.2 Å². The molecular weight excluding hydrogens is 435 g/mol. The van der Waals surface area contributed by atoms with Crippen molar-refractivity contribution in [2.24, 2.45) is 0 Å². The third-order valence-corrected chi connectivity index (χ3v) is 4.57. The van der Waals surface area contributed by atoms with E-state index in [2.05, 4.69) is 26.1 Å². The maximum Gasteiger partial charge on any atom is 0.355 e. The second-order valence-corrected chi connectivity index (χ2v) is 6.52. The van der Waals surface area contributed by atoms with Gasteiger partial charge in [-0.25, -0.2) is 9.97 Å². The van der Waals surface area contributed by atoms with E-state index in [4.69, 9.17) is 27.9 Å². The molecule has 0 bridgehead atoms. The minimum atomic E-state index is -0.683. The molecular formula is C18H14Cl2N6O4. The zero-order valence-electron chi connectivity index (χ0n) is 15.3. The Morgan fingerprint density at radius 1 is 1.10 bits per heavy atom. The molecule has 3 aromatic rings. The summed E-state index contributed by atoms with van der Waals surface area (Å²) < 4.78 is 5.13. The quantitative estimate of drug-likeness (QED) is 0.361. The van der Waals surface area contributed by atoms with Crippen LogP contribution in [0.15, 0.2) is 48.8 Å². The highest BCUT2D eigenvalue weighted by atomic mass is 35.5. The lowest BCUT2D eigenvalue weighted by Crippen LogP contribution is -2.30. The van der Waals surface area contributed by atoms with Gasteiger partial charge in [-0.1, -0.05) is 35.3 Å². The molecule has 0 spiro atoms. The number of hydrogen-bond donors (Lipinski definition) is 3. The van der Waals surface area contributed by atoms with Crippen molar-refractivity contribution >= 4 is 52.1 Å². The molecule has 0 radical (unpaired) electrons. The Hall–Kier alpha value is -3.63. The van der Waals surface area contributed by atoms with Crippen molar-refractivity contribution in [2.75, 3.05) is 17.9 Å². The summed E-state index contributed by atoms with van der Waals surface area (Å²) in [5.74, 6) is -0.557. The van der Waals surface area contributed by atoms with E-state index in [0.717, 1.165) is 6.33 Å². The number of aromatic nitrogens is 2. The fourth-order valence-electron chi connectivity index (χ4n) is 2.46. The van der Waals surface area contributed by atoms with Gasteiger partial charge < -0.3 is 10.1 Å². The fraction of sp³-hybridized carbons (Fsp3) is 0.0556. The number of benzene rings is 2. The van der Waals surface area contributed by atoms with Crippen LogP contribution >= 0.6 is 23.2 Å². The van der Waals surface area contributed by atoms with Gasteiger partial charge in [0.1, 0.15) is 12.1 Å². The van der Waals surface area contributed by atoms with E-state index >= 15 is 0 Å². The summed E-state index contributed by atoms with van der Waals surface area (Å²) in [4.78, 5) is 31.1. The number of anilines is 3. The van der Waals surface area contributed by atoms with E-state index in [9.17, 15) is 14.9 Å². The molecule has 1 amide bonds. The van der Waals surface area contributed by atoms with Gasteiger partial charge in [0.05, 0.1) is 27.6 Å². The van der Waals surface area contributed by atoms with E-state index in [0.29, 0.717) is 16.5 Å². The van der Waals surface area contributed by atoms with Gasteiger partial charge >= 0.3 is 5.69 Å². The number of nitrogens with one attached hydrogen (secondary N) is 3. The number of nitrogens with zero attached hydrogens (tertiary/aromatic N) is 3. The van der Waals surface area contributed by atoms with Crippen molar-refractivity contribution in [1.82, 2.24) is 15.4 Å². The summed E-state index contributed by atoms with van der Waals surface area (Å²) in [6.07, 6.45) is 1.10. The van der Waals surface area contributed by atoms with Gasteiger partial charge in [-0.05, 0) is 30.3 Å². The summed E-state index contributed by atoms with van der Waals surface area (Å²) in [5, 5.41) is 15.0. The molecule has 1 aromatic heterocycles. The zero-order valence-corrected chi connectivity index (χ0v) is 16.9. The molecule has 3 N–H and O–H groups in total. The highest BCUT2D eigenvalue weighted by Crippen LogP contribution is 2.32. The van der Waals surface area contributed by atoms with E-state index < -0.39 is 16.5 Å². The SMILES string of the molecule is COc1ccccc1C(=O)NNc1ncnc(Nc2ccc(Cl)c(Cl)c2)c1[N+](=O)[O-]. The molecule has 0 aliphatic heterocycles. The lowest BCUT2D eigenvalue weighted by molar-refractivity contribution is -0.383. The first-order valence-corrected chi connectivity index (χ1v) is 9.07. The Kier molecular flexibility index (Phi) is 6.50. The summed E-state index contributed by atoms with van der Waals surface area (Å²) in [6.45, 7) is 0. The van der Waals surface area contributed by atoms with Crippen LogP contribution < -0.4 is 20.9 Å². The van der Waals surface area contributed by atoms with Gasteiger partial charge in [0.25, 0.3) is 5.91 Å². The van der Waals surface area contributed by atoms with Gasteiger partial charge in [0, 0.05) is 5.69 Å². The number of hydrazine groups is 1. The van der Waals surface area contributed by atoms with Crippen LogP contribution in [0.4, 0.5) is 23.0 Å². The Morgan fingerprint density at radius 2 is 1.83 bits per heavy atom. The first-order valence-electron chi connectivity index (χ1n) is 8.31. The molecule has 0 fully saturated rings. The topological polar surface area (TPSA) is 131 Å². The molecule has 0 saturated heterocycles. The van der Waals surface area contributed by atoms with Crippen LogP contribution in [-0.2, 0) is 0 Å². The molecule has 30 heavy (non-hydrogen) atoms. The zero-order chi connectivity index (χ0) is 21.7. The third kappa shape index (κ3) is 4.67. The number of halogens is 2. The van der Waals surface area contributed by atoms with E-state index in [1.807, 2.05) is 0 Å². The lowest BCUT2D eigenvalue weighted by Gasteiger charge is -2.12. The average Bonchev–Trinajstić information content (AvgIpc) is 2.74. The Bertz CT molecular complexity index is 1110. The Balaban J connectivity index is 1.84. The van der Waals surface area contributed by atoms with Crippen molar-refractivity contribution in [3.8, 4) is 5.75 Å². The summed E-state index contributed by atoms with van der Waals surface area (Å²) in [7, 11) is 1.43. The number of amides is 1. The maximum absolute atomic E-state index is 12.4. The predicted octanol–water partition coefficient (Wildman–Crippen LogP) is 4.20. The first-order chi connectivity index (χ1) is 14.4. The van der Waals surface area contributed by atoms with Gasteiger partial charge in [-0.2, -0.15) is 0 Å². The normalized spacial score (nSPS) is 10.2. The van der Waals surface area contributed by atoms with E-state index in [-0.39, 0.29) is 22.2 Å². The van der Waals surface area contributed by atoms with Crippen molar-refractivity contribution in [3.05, 3.63) is 74.5 Å². The lowest BCUT2D eigenvalue weighted by atomic mass is 10.2. The van der Waals surface area contributed by atoms with Crippen LogP contribution in [0.2, 0.25) is 10.0 Å². The van der Waals surface area contributed by atoms with Crippen LogP contribution in [0.5, 0.6) is 5.75 Å². The van der Waals surface area contributed by atoms with Crippen LogP contribution in [-0.4, -0.2) is 27.9 Å². The molecule has 0 aliphatic rings. The average molecular weight is 449 g/mol. The second kappa shape index (κ2) is 9.25. The monoisotopic (exact) mass is 448 g/mol. The standard InChI is InChI=1S/C18H14Cl2N6O4/c1-30-14-5-3-2-4-11(14)18(27)25-24-17-15(26(28)29)16(21-9-22-17)23-10-6-7-12(19)13(20)8-10/h2-9H,1H3,(H,25,27)(H2,21,22,23,24). The van der Waals surface area contributed by atoms with Crippen LogP contribution in [0.3, 0.4) is 0 Å². The smallest absolute Gasteiger partial charge is 0.355 e. The number of carbonyl (C=O) groups is 1. The molecule has 154 valence electrons. The second-order valence-electron chi connectivity index (χ2n) is 5.71. The van der Waals surface area contributed by atoms with Crippen LogP contribution in [0.25, 0.3) is 0 Å². The highest BCUT2D eigenvalue weighted by molar-refractivity contribution is 6.42. The van der Waals surface area contributed by atoms with Gasteiger partial charge in [0.2, 0.25) is 11.6 Å². The minimum absolute atomic E-state index is 0.109. The molecule has 12 heteroatoms. The van der Waals surface area contributed by atoms with Gasteiger partial charge in [-0.15, -0.1) is 0 Å². The van der Waals surface area contributed by atoms with Gasteiger partial charge in [-0.3, -0.25) is 25.8 Å². The van der Waals surface area contributed by atoms with Crippen LogP contribution in [0, 0.1) is 10.1 Å². The first kappa shape index (κ1) is 21.1. The van der Waals surface area contributed by atoms with Gasteiger partial charge in [0.15, 0.2) is 0 Å². The third-order valence-electron chi connectivity index (χ3n) is 3.83.